The van der Waals surface area contributed by atoms with E-state index in [0.29, 0.717) is 71.3 Å². The Labute approximate surface area is 468 Å². The second-order valence-corrected chi connectivity index (χ2v) is 19.7. The number of azo groups is 4. The van der Waals surface area contributed by atoms with Crippen LogP contribution in [0.1, 0.15) is 47.8 Å². The van der Waals surface area contributed by atoms with Crippen LogP contribution in [0.2, 0.25) is 10.0 Å². The third-order valence-corrected chi connectivity index (χ3v) is 14.0. The van der Waals surface area contributed by atoms with Crippen LogP contribution in [-0.2, 0) is 13.1 Å². The summed E-state index contributed by atoms with van der Waals surface area (Å²) in [5.41, 5.74) is 6.95. The fraction of sp³-hybridized carbons (Fsp3) is 0.0328. The molecule has 18 heteroatoms. The predicted molar refractivity (Wildman–Crippen MR) is 311 cm³/mol. The van der Waals surface area contributed by atoms with Crippen LogP contribution in [0.15, 0.2) is 233 Å². The van der Waals surface area contributed by atoms with Crippen LogP contribution in [0, 0.1) is 0 Å². The minimum atomic E-state index is -0.501. The van der Waals surface area contributed by atoms with Gasteiger partial charge in [-0.3, -0.25) is 14.4 Å². The number of phenolic OH excluding ortho intramolecular Hbond substituents is 2. The molecule has 0 unspecified atom stereocenters. The number of fused-ring (bicyclic) bond motifs is 5. The van der Waals surface area contributed by atoms with Gasteiger partial charge in [0.2, 0.25) is 0 Å². The summed E-state index contributed by atoms with van der Waals surface area (Å²) in [4.78, 5) is 40.4. The van der Waals surface area contributed by atoms with Gasteiger partial charge in [-0.2, -0.15) is 20.5 Å². The van der Waals surface area contributed by atoms with Gasteiger partial charge in [0.05, 0.1) is 45.6 Å². The van der Waals surface area contributed by atoms with Crippen molar-refractivity contribution in [3.05, 3.63) is 236 Å². The highest BCUT2D eigenvalue weighted by Gasteiger charge is 2.30. The van der Waals surface area contributed by atoms with Crippen molar-refractivity contribution in [2.45, 2.75) is 13.1 Å². The minimum absolute atomic E-state index is 0.0402. The molecule has 0 radical (unpaired) electrons. The first kappa shape index (κ1) is 51.5. The van der Waals surface area contributed by atoms with Crippen molar-refractivity contribution >= 4 is 124 Å². The molecule has 0 heterocycles. The van der Waals surface area contributed by atoms with Crippen LogP contribution in [0.3, 0.4) is 0 Å². The fourth-order valence-electron chi connectivity index (χ4n) is 8.94. The molecule has 384 valence electrons. The highest BCUT2D eigenvalue weighted by molar-refractivity contribution is 9.10. The van der Waals surface area contributed by atoms with E-state index in [4.69, 9.17) is 23.2 Å². The van der Waals surface area contributed by atoms with E-state index in [1.54, 1.807) is 146 Å². The average Bonchev–Trinajstić information content (AvgIpc) is 3.89. The summed E-state index contributed by atoms with van der Waals surface area (Å²) >= 11 is 17.0. The number of para-hydroxylation sites is 2. The van der Waals surface area contributed by atoms with Crippen molar-refractivity contribution in [2.24, 2.45) is 40.9 Å². The Balaban J connectivity index is 0.731. The molecule has 11 rings (SSSR count). The summed E-state index contributed by atoms with van der Waals surface area (Å²) in [5, 5.41) is 66.4. The lowest BCUT2D eigenvalue weighted by atomic mass is 10.0. The molecule has 2 amide bonds. The molecular formula is C61H39BrCl2N10O5. The molecule has 0 aliphatic heterocycles. The van der Waals surface area contributed by atoms with E-state index in [0.717, 1.165) is 22.3 Å². The highest BCUT2D eigenvalue weighted by Crippen LogP contribution is 2.46. The summed E-state index contributed by atoms with van der Waals surface area (Å²) in [7, 11) is 0. The van der Waals surface area contributed by atoms with Crippen molar-refractivity contribution in [2.75, 3.05) is 10.6 Å². The zero-order valence-corrected chi connectivity index (χ0v) is 44.2. The normalized spacial score (nSPS) is 12.1. The van der Waals surface area contributed by atoms with Crippen molar-refractivity contribution in [1.82, 2.24) is 0 Å². The van der Waals surface area contributed by atoms with E-state index >= 15 is 0 Å². The second kappa shape index (κ2) is 22.5. The van der Waals surface area contributed by atoms with Gasteiger partial charge in [0, 0.05) is 43.3 Å². The van der Waals surface area contributed by atoms with E-state index in [2.05, 4.69) is 67.5 Å². The lowest BCUT2D eigenvalue weighted by Gasteiger charge is -2.11. The van der Waals surface area contributed by atoms with Crippen LogP contribution in [-0.4, -0.2) is 27.8 Å². The van der Waals surface area contributed by atoms with Crippen molar-refractivity contribution in [1.29, 1.82) is 0 Å². The first-order valence-electron chi connectivity index (χ1n) is 24.4. The minimum Gasteiger partial charge on any atom is -0.505 e. The van der Waals surface area contributed by atoms with Gasteiger partial charge in [0.25, 0.3) is 11.8 Å². The SMILES string of the molecule is O=C(Nc1ccccc1)c1cc2ccccc2c(N=Nc2ccc(CN=Nc3ccc4c(c3)C(=O)c3cc(N=NCc5ccc(N=Nc6c(O)c(C(=O)Nc7ccccc7)cc7ccccc67)c(Cl)c5)cc(Br)c3-4)cc2Cl)c1O. The van der Waals surface area contributed by atoms with Crippen LogP contribution >= 0.6 is 39.1 Å². The number of anilines is 2. The number of hydrogen-bond donors (Lipinski definition) is 4. The standard InChI is InChI=1S/C61H39BrCl2N10O5/c62-49-31-41(70-66-33-35-20-24-53(51(64)26-35)72-74-56-43-18-10-8-12-37(43)28-48(59(56)77)61(79)68-39-15-5-2-6-16-39)30-46-54(49)44-22-21-40(29-45(44)57(46)75)69-65-32-34-19-23-52(50(63)25-34)71-73-55-42-17-9-7-11-36(42)27-47(58(55)76)60(78)67-38-13-3-1-4-14-38/h1-31,76-77H,32-33H2,(H,67,78)(H,68,79). The molecule has 10 aromatic carbocycles. The molecular weight excluding hydrogens is 1100 g/mol. The number of nitrogens with one attached hydrogen (secondary N) is 2. The number of nitrogens with zero attached hydrogens (tertiary/aromatic N) is 8. The lowest BCUT2D eigenvalue weighted by Crippen LogP contribution is -2.12. The molecule has 4 N–H and O–H groups in total. The maximum Gasteiger partial charge on any atom is 0.259 e. The van der Waals surface area contributed by atoms with Crippen molar-refractivity contribution in [3.8, 4) is 22.6 Å². The maximum atomic E-state index is 13.9. The average molecular weight is 1140 g/mol. The summed E-state index contributed by atoms with van der Waals surface area (Å²) in [6.07, 6.45) is 0. The number of benzene rings is 10. The van der Waals surface area contributed by atoms with Crippen molar-refractivity contribution < 1.29 is 24.6 Å². The first-order valence-corrected chi connectivity index (χ1v) is 25.9. The number of halogens is 3. The number of ketones is 1. The second-order valence-electron chi connectivity index (χ2n) is 18.0. The van der Waals surface area contributed by atoms with Gasteiger partial charge in [-0.05, 0) is 112 Å². The maximum absolute atomic E-state index is 13.9. The first-order chi connectivity index (χ1) is 38.4. The number of rotatable bonds is 14. The fourth-order valence-corrected chi connectivity index (χ4v) is 10.1. The van der Waals surface area contributed by atoms with Gasteiger partial charge in [0.1, 0.15) is 22.7 Å². The molecule has 0 aromatic heterocycles. The molecule has 15 nitrogen and oxygen atoms in total. The summed E-state index contributed by atoms with van der Waals surface area (Å²) < 4.78 is 0.670. The number of phenols is 2. The number of amides is 2. The molecule has 1 aliphatic carbocycles. The zero-order valence-electron chi connectivity index (χ0n) is 41.1. The van der Waals surface area contributed by atoms with Crippen LogP contribution in [0.5, 0.6) is 11.5 Å². The van der Waals surface area contributed by atoms with Crippen molar-refractivity contribution in [3.63, 3.8) is 0 Å². The molecule has 0 spiro atoms. The summed E-state index contributed by atoms with van der Waals surface area (Å²) in [5.74, 6) is -1.84. The molecule has 0 saturated heterocycles. The van der Waals surface area contributed by atoms with Crippen LogP contribution in [0.25, 0.3) is 32.7 Å². The Morgan fingerprint density at radius 1 is 0.468 bits per heavy atom. The van der Waals surface area contributed by atoms with Crippen LogP contribution < -0.4 is 10.6 Å². The van der Waals surface area contributed by atoms with Gasteiger partial charge in [0.15, 0.2) is 17.3 Å². The van der Waals surface area contributed by atoms with E-state index in [9.17, 15) is 24.6 Å². The number of carbonyl (C=O) groups excluding carboxylic acids is 3. The highest BCUT2D eigenvalue weighted by atomic mass is 79.9. The molecule has 1 aliphatic rings. The Morgan fingerprint density at radius 2 is 0.937 bits per heavy atom. The topological polar surface area (TPSA) is 215 Å². The molecule has 0 atom stereocenters. The van der Waals surface area contributed by atoms with E-state index in [1.807, 2.05) is 42.5 Å². The number of carbonyl (C=O) groups is 3. The van der Waals surface area contributed by atoms with Gasteiger partial charge in [-0.15, -0.1) is 20.5 Å². The van der Waals surface area contributed by atoms with Gasteiger partial charge in [-0.25, -0.2) is 0 Å². The van der Waals surface area contributed by atoms with Gasteiger partial charge in [-0.1, -0.05) is 142 Å². The third-order valence-electron chi connectivity index (χ3n) is 12.8. The lowest BCUT2D eigenvalue weighted by molar-refractivity contribution is 0.101. The Kier molecular flexibility index (Phi) is 14.7. The molecule has 10 aromatic rings. The number of hydrogen-bond acceptors (Lipinski definition) is 13. The summed E-state index contributed by atoms with van der Waals surface area (Å²) in [6, 6.07) is 54.7. The largest absolute Gasteiger partial charge is 0.505 e. The Hall–Kier alpha value is -9.61. The molecule has 0 saturated carbocycles. The molecule has 0 bridgehead atoms. The number of aromatic hydroxyl groups is 2. The predicted octanol–water partition coefficient (Wildman–Crippen LogP) is 18.6. The Morgan fingerprint density at radius 3 is 1.44 bits per heavy atom. The smallest absolute Gasteiger partial charge is 0.259 e. The molecule has 0 fully saturated rings. The van der Waals surface area contributed by atoms with E-state index in [1.165, 1.54) is 0 Å². The van der Waals surface area contributed by atoms with Gasteiger partial charge >= 0.3 is 0 Å². The molecule has 79 heavy (non-hydrogen) atoms. The third kappa shape index (κ3) is 11.0. The summed E-state index contributed by atoms with van der Waals surface area (Å²) in [6.45, 7) is 0.334. The monoisotopic (exact) mass is 1140 g/mol. The zero-order chi connectivity index (χ0) is 54.6. The van der Waals surface area contributed by atoms with Crippen LogP contribution in [0.4, 0.5) is 45.5 Å². The van der Waals surface area contributed by atoms with Gasteiger partial charge < -0.3 is 20.8 Å². The quantitative estimate of drug-likeness (QED) is 0.0780. The van der Waals surface area contributed by atoms with E-state index in [-0.39, 0.29) is 62.9 Å². The van der Waals surface area contributed by atoms with E-state index < -0.39 is 11.8 Å². The Bertz CT molecular complexity index is 4230.